The SMILES string of the molecule is O=C(NCCSCc1ccccc1)c1ccc(-n2c(=S)[nH]c3ccccc3c2=O)cc1. The van der Waals surface area contributed by atoms with Crippen LogP contribution < -0.4 is 10.9 Å². The molecule has 0 saturated carbocycles. The van der Waals surface area contributed by atoms with Gasteiger partial charge in [0, 0.05) is 23.6 Å². The Morgan fingerprint density at radius 1 is 0.968 bits per heavy atom. The molecule has 0 aliphatic heterocycles. The van der Waals surface area contributed by atoms with Gasteiger partial charge < -0.3 is 10.3 Å². The minimum absolute atomic E-state index is 0.136. The summed E-state index contributed by atoms with van der Waals surface area (Å²) in [6.45, 7) is 0.591. The first-order valence-corrected chi connectivity index (χ1v) is 11.4. The van der Waals surface area contributed by atoms with Crippen LogP contribution in [-0.4, -0.2) is 27.8 Å². The zero-order chi connectivity index (χ0) is 21.6. The molecule has 0 aliphatic carbocycles. The number of fused-ring (bicyclic) bond motifs is 1. The first kappa shape index (κ1) is 21.1. The van der Waals surface area contributed by atoms with Crippen LogP contribution in [0, 0.1) is 4.77 Å². The number of aromatic nitrogens is 2. The molecule has 0 unspecified atom stereocenters. The highest BCUT2D eigenvalue weighted by atomic mass is 32.2. The number of benzene rings is 3. The van der Waals surface area contributed by atoms with E-state index in [9.17, 15) is 9.59 Å². The summed E-state index contributed by atoms with van der Waals surface area (Å²) in [5.74, 6) is 1.62. The second kappa shape index (κ2) is 9.76. The lowest BCUT2D eigenvalue weighted by Crippen LogP contribution is -2.26. The monoisotopic (exact) mass is 447 g/mol. The normalized spacial score (nSPS) is 10.8. The number of hydrogen-bond donors (Lipinski definition) is 2. The maximum absolute atomic E-state index is 12.9. The standard InChI is InChI=1S/C24H21N3O2S2/c28-22(25-14-15-31-16-17-6-2-1-3-7-17)18-10-12-19(13-11-18)27-23(29)20-8-4-5-9-21(20)26-24(27)30/h1-13H,14-16H2,(H,25,28)(H,26,30). The predicted molar refractivity (Wildman–Crippen MR) is 130 cm³/mol. The van der Waals surface area contributed by atoms with Crippen molar-refractivity contribution in [3.05, 3.63) is 105 Å². The number of carbonyl (C=O) groups is 1. The van der Waals surface area contributed by atoms with Crippen LogP contribution in [0.4, 0.5) is 0 Å². The van der Waals surface area contributed by atoms with Crippen molar-refractivity contribution in [2.45, 2.75) is 5.75 Å². The maximum Gasteiger partial charge on any atom is 0.266 e. The van der Waals surface area contributed by atoms with E-state index < -0.39 is 0 Å². The van der Waals surface area contributed by atoms with E-state index in [1.165, 1.54) is 10.1 Å². The van der Waals surface area contributed by atoms with Crippen LogP contribution >= 0.6 is 24.0 Å². The van der Waals surface area contributed by atoms with Crippen molar-refractivity contribution < 1.29 is 4.79 Å². The van der Waals surface area contributed by atoms with E-state index in [0.29, 0.717) is 33.5 Å². The van der Waals surface area contributed by atoms with Gasteiger partial charge in [0.25, 0.3) is 11.5 Å². The van der Waals surface area contributed by atoms with E-state index in [0.717, 1.165) is 11.5 Å². The number of thioether (sulfide) groups is 1. The number of amides is 1. The third-order valence-electron chi connectivity index (χ3n) is 4.84. The molecule has 1 heterocycles. The number of nitrogens with zero attached hydrogens (tertiary/aromatic N) is 1. The Labute approximate surface area is 189 Å². The predicted octanol–water partition coefficient (Wildman–Crippen LogP) is 4.71. The summed E-state index contributed by atoms with van der Waals surface area (Å²) in [4.78, 5) is 28.4. The summed E-state index contributed by atoms with van der Waals surface area (Å²) in [5.41, 5.74) is 2.95. The molecule has 156 valence electrons. The summed E-state index contributed by atoms with van der Waals surface area (Å²) < 4.78 is 1.76. The van der Waals surface area contributed by atoms with Gasteiger partial charge in [-0.1, -0.05) is 42.5 Å². The van der Waals surface area contributed by atoms with Crippen molar-refractivity contribution in [2.24, 2.45) is 0 Å². The summed E-state index contributed by atoms with van der Waals surface area (Å²) in [6, 6.07) is 24.4. The van der Waals surface area contributed by atoms with Gasteiger partial charge in [0.05, 0.1) is 16.6 Å². The number of H-pyrrole nitrogens is 1. The van der Waals surface area contributed by atoms with Crippen LogP contribution in [0.2, 0.25) is 0 Å². The maximum atomic E-state index is 12.9. The van der Waals surface area contributed by atoms with E-state index in [2.05, 4.69) is 22.4 Å². The molecule has 0 spiro atoms. The van der Waals surface area contributed by atoms with Gasteiger partial charge in [0.2, 0.25) is 0 Å². The zero-order valence-electron chi connectivity index (χ0n) is 16.7. The van der Waals surface area contributed by atoms with E-state index >= 15 is 0 Å². The Kier molecular flexibility index (Phi) is 6.64. The summed E-state index contributed by atoms with van der Waals surface area (Å²) in [6.07, 6.45) is 0. The fourth-order valence-corrected chi connectivity index (χ4v) is 4.38. The van der Waals surface area contributed by atoms with Crippen LogP contribution in [0.25, 0.3) is 16.6 Å². The number of carbonyl (C=O) groups excluding carboxylic acids is 1. The van der Waals surface area contributed by atoms with Crippen molar-refractivity contribution in [1.82, 2.24) is 14.9 Å². The topological polar surface area (TPSA) is 66.9 Å². The fraction of sp³-hybridized carbons (Fsp3) is 0.125. The van der Waals surface area contributed by atoms with Crippen molar-refractivity contribution in [3.63, 3.8) is 0 Å². The fourth-order valence-electron chi connectivity index (χ4n) is 3.26. The van der Waals surface area contributed by atoms with Crippen molar-refractivity contribution in [2.75, 3.05) is 12.3 Å². The molecule has 4 aromatic rings. The first-order valence-electron chi connectivity index (χ1n) is 9.88. The van der Waals surface area contributed by atoms with Crippen LogP contribution in [-0.2, 0) is 5.75 Å². The van der Waals surface area contributed by atoms with E-state index in [1.54, 1.807) is 42.1 Å². The van der Waals surface area contributed by atoms with Gasteiger partial charge in [-0.3, -0.25) is 14.2 Å². The van der Waals surface area contributed by atoms with E-state index in [4.69, 9.17) is 12.2 Å². The number of rotatable bonds is 7. The van der Waals surface area contributed by atoms with Gasteiger partial charge in [-0.05, 0) is 54.2 Å². The first-order chi connectivity index (χ1) is 15.1. The van der Waals surface area contributed by atoms with Gasteiger partial charge in [0.15, 0.2) is 4.77 Å². The summed E-state index contributed by atoms with van der Waals surface area (Å²) in [5, 5.41) is 3.50. The molecule has 0 fully saturated rings. The van der Waals surface area contributed by atoms with Crippen LogP contribution in [0.5, 0.6) is 0 Å². The second-order valence-corrected chi connectivity index (χ2v) is 8.45. The van der Waals surface area contributed by atoms with Gasteiger partial charge >= 0.3 is 0 Å². The number of aromatic amines is 1. The molecule has 31 heavy (non-hydrogen) atoms. The molecule has 1 amide bonds. The molecule has 5 nitrogen and oxygen atoms in total. The Hall–Kier alpha value is -3.16. The third-order valence-corrected chi connectivity index (χ3v) is 6.15. The van der Waals surface area contributed by atoms with Crippen molar-refractivity contribution in [3.8, 4) is 5.69 Å². The minimum atomic E-state index is -0.188. The van der Waals surface area contributed by atoms with Crippen LogP contribution in [0.3, 0.4) is 0 Å². The van der Waals surface area contributed by atoms with Crippen molar-refractivity contribution in [1.29, 1.82) is 0 Å². The molecule has 0 aliphatic rings. The van der Waals surface area contributed by atoms with Gasteiger partial charge in [-0.15, -0.1) is 0 Å². The lowest BCUT2D eigenvalue weighted by Gasteiger charge is -2.09. The highest BCUT2D eigenvalue weighted by Crippen LogP contribution is 2.13. The number of hydrogen-bond acceptors (Lipinski definition) is 4. The Morgan fingerprint density at radius 3 is 2.45 bits per heavy atom. The molecule has 7 heteroatoms. The molecule has 0 radical (unpaired) electrons. The lowest BCUT2D eigenvalue weighted by molar-refractivity contribution is 0.0956. The summed E-state index contributed by atoms with van der Waals surface area (Å²) in [7, 11) is 0. The average molecular weight is 448 g/mol. The molecule has 1 aromatic heterocycles. The van der Waals surface area contributed by atoms with Gasteiger partial charge in [0.1, 0.15) is 0 Å². The molecule has 0 atom stereocenters. The smallest absolute Gasteiger partial charge is 0.266 e. The van der Waals surface area contributed by atoms with E-state index in [-0.39, 0.29) is 11.5 Å². The molecule has 3 aromatic carbocycles. The molecule has 0 saturated heterocycles. The van der Waals surface area contributed by atoms with Crippen LogP contribution in [0.1, 0.15) is 15.9 Å². The molecule has 0 bridgehead atoms. The largest absolute Gasteiger partial charge is 0.351 e. The highest BCUT2D eigenvalue weighted by molar-refractivity contribution is 7.98. The van der Waals surface area contributed by atoms with Gasteiger partial charge in [-0.25, -0.2) is 0 Å². The lowest BCUT2D eigenvalue weighted by atomic mass is 10.2. The molecule has 4 rings (SSSR count). The zero-order valence-corrected chi connectivity index (χ0v) is 18.3. The van der Waals surface area contributed by atoms with Crippen molar-refractivity contribution >= 4 is 40.8 Å². The molecular weight excluding hydrogens is 426 g/mol. The quantitative estimate of drug-likeness (QED) is 0.318. The van der Waals surface area contributed by atoms with E-state index in [1.807, 2.05) is 36.4 Å². The Bertz CT molecular complexity index is 1310. The minimum Gasteiger partial charge on any atom is -0.351 e. The number of para-hydroxylation sites is 1. The van der Waals surface area contributed by atoms with Gasteiger partial charge in [-0.2, -0.15) is 11.8 Å². The second-order valence-electron chi connectivity index (χ2n) is 6.96. The highest BCUT2D eigenvalue weighted by Gasteiger charge is 2.09. The summed E-state index contributed by atoms with van der Waals surface area (Å²) >= 11 is 7.16. The average Bonchev–Trinajstić information content (AvgIpc) is 2.80. The molecular formula is C24H21N3O2S2. The molecule has 2 N–H and O–H groups in total. The Morgan fingerprint density at radius 2 is 1.68 bits per heavy atom. The Balaban J connectivity index is 1.39. The number of nitrogens with one attached hydrogen (secondary N) is 2. The third kappa shape index (κ3) is 4.95. The van der Waals surface area contributed by atoms with Crippen LogP contribution in [0.15, 0.2) is 83.7 Å².